The van der Waals surface area contributed by atoms with Gasteiger partial charge in [0.15, 0.2) is 0 Å². The Balaban J connectivity index is 1.64. The Hall–Kier alpha value is -0.870. The van der Waals surface area contributed by atoms with Crippen molar-refractivity contribution in [3.63, 3.8) is 0 Å². The number of aromatic nitrogens is 2. The van der Waals surface area contributed by atoms with Crippen LogP contribution >= 0.6 is 0 Å². The molecule has 2 aliphatic rings. The van der Waals surface area contributed by atoms with Crippen molar-refractivity contribution < 1.29 is 5.11 Å². The maximum absolute atomic E-state index is 10.8. The van der Waals surface area contributed by atoms with E-state index in [0.717, 1.165) is 31.6 Å². The van der Waals surface area contributed by atoms with Crippen LogP contribution < -0.4 is 5.32 Å². The fourth-order valence-corrected chi connectivity index (χ4v) is 3.74. The van der Waals surface area contributed by atoms with Gasteiger partial charge in [0.25, 0.3) is 0 Å². The van der Waals surface area contributed by atoms with Crippen molar-refractivity contribution in [3.05, 3.63) is 18.0 Å². The topological polar surface area (TPSA) is 50.1 Å². The maximum Gasteiger partial charge on any atom is 0.0715 e. The second kappa shape index (κ2) is 5.86. The molecule has 112 valence electrons. The van der Waals surface area contributed by atoms with E-state index in [1.165, 1.54) is 25.7 Å². The zero-order valence-corrected chi connectivity index (χ0v) is 12.5. The van der Waals surface area contributed by atoms with Crippen LogP contribution in [0.5, 0.6) is 0 Å². The molecule has 1 aromatic rings. The Morgan fingerprint density at radius 3 is 2.85 bits per heavy atom. The van der Waals surface area contributed by atoms with Crippen LogP contribution in [0.3, 0.4) is 0 Å². The van der Waals surface area contributed by atoms with E-state index in [-0.39, 0.29) is 0 Å². The van der Waals surface area contributed by atoms with Crippen molar-refractivity contribution in [3.8, 4) is 0 Å². The molecule has 2 N–H and O–H groups in total. The van der Waals surface area contributed by atoms with Crippen LogP contribution in [0.15, 0.2) is 12.3 Å². The van der Waals surface area contributed by atoms with Gasteiger partial charge < -0.3 is 10.4 Å². The summed E-state index contributed by atoms with van der Waals surface area (Å²) in [5.41, 5.74) is 0.384. The van der Waals surface area contributed by atoms with E-state index < -0.39 is 5.60 Å². The summed E-state index contributed by atoms with van der Waals surface area (Å²) in [4.78, 5) is 0. The third-order valence-corrected chi connectivity index (χ3v) is 5.08. The monoisotopic (exact) mass is 277 g/mol. The summed E-state index contributed by atoms with van der Waals surface area (Å²) < 4.78 is 2.12. The molecule has 1 saturated carbocycles. The molecule has 1 aromatic heterocycles. The van der Waals surface area contributed by atoms with E-state index >= 15 is 0 Å². The van der Waals surface area contributed by atoms with Crippen molar-refractivity contribution in [2.75, 3.05) is 13.1 Å². The molecule has 3 rings (SSSR count). The summed E-state index contributed by atoms with van der Waals surface area (Å²) in [6.07, 6.45) is 10.2. The molecule has 2 atom stereocenters. The summed E-state index contributed by atoms with van der Waals surface area (Å²) in [6, 6.07) is 2.67. The molecule has 1 aliphatic carbocycles. The van der Waals surface area contributed by atoms with Gasteiger partial charge in [-0.3, -0.25) is 4.68 Å². The third kappa shape index (κ3) is 3.07. The number of rotatable bonds is 4. The molecule has 0 aromatic carbocycles. The molecule has 0 radical (unpaired) electrons. The SMILES string of the molecule is CC(O)(Cc1ccn(C2CCCC2)n1)C1CCCNC1. The van der Waals surface area contributed by atoms with E-state index in [0.29, 0.717) is 18.4 Å². The first-order chi connectivity index (χ1) is 9.65. The normalized spacial score (nSPS) is 27.6. The van der Waals surface area contributed by atoms with E-state index in [2.05, 4.69) is 22.3 Å². The molecule has 0 spiro atoms. The van der Waals surface area contributed by atoms with Crippen molar-refractivity contribution >= 4 is 0 Å². The summed E-state index contributed by atoms with van der Waals surface area (Å²) in [5, 5.41) is 18.9. The van der Waals surface area contributed by atoms with Crippen LogP contribution in [0.1, 0.15) is 57.2 Å². The Labute approximate surface area is 121 Å². The van der Waals surface area contributed by atoms with Crippen molar-refractivity contribution in [1.29, 1.82) is 0 Å². The molecular formula is C16H27N3O. The highest BCUT2D eigenvalue weighted by atomic mass is 16.3. The second-order valence-corrected chi connectivity index (χ2v) is 6.80. The van der Waals surface area contributed by atoms with Gasteiger partial charge in [-0.1, -0.05) is 12.8 Å². The largest absolute Gasteiger partial charge is 0.389 e. The molecule has 0 bridgehead atoms. The van der Waals surface area contributed by atoms with Crippen LogP contribution in [0, 0.1) is 5.92 Å². The van der Waals surface area contributed by atoms with Crippen LogP contribution in [-0.4, -0.2) is 33.6 Å². The quantitative estimate of drug-likeness (QED) is 0.888. The molecule has 4 heteroatoms. The number of hydrogen-bond donors (Lipinski definition) is 2. The van der Waals surface area contributed by atoms with Gasteiger partial charge in [-0.15, -0.1) is 0 Å². The summed E-state index contributed by atoms with van der Waals surface area (Å²) in [6.45, 7) is 3.98. The average Bonchev–Trinajstić information content (AvgIpc) is 3.10. The number of hydrogen-bond acceptors (Lipinski definition) is 3. The number of nitrogens with zero attached hydrogens (tertiary/aromatic N) is 2. The highest BCUT2D eigenvalue weighted by Gasteiger charge is 2.33. The minimum atomic E-state index is -0.651. The molecule has 1 saturated heterocycles. The van der Waals surface area contributed by atoms with Gasteiger partial charge in [-0.25, -0.2) is 0 Å². The Kier molecular flexibility index (Phi) is 4.13. The smallest absolute Gasteiger partial charge is 0.0715 e. The van der Waals surface area contributed by atoms with Gasteiger partial charge in [-0.05, 0) is 45.2 Å². The number of nitrogens with one attached hydrogen (secondary N) is 1. The third-order valence-electron chi connectivity index (χ3n) is 5.08. The molecule has 0 amide bonds. The Bertz CT molecular complexity index is 429. The maximum atomic E-state index is 10.8. The molecule has 2 unspecified atom stereocenters. The minimum absolute atomic E-state index is 0.341. The molecule has 20 heavy (non-hydrogen) atoms. The molecule has 2 heterocycles. The number of piperidine rings is 1. The van der Waals surface area contributed by atoms with Crippen molar-refractivity contribution in [2.45, 2.75) is 63.5 Å². The van der Waals surface area contributed by atoms with Crippen LogP contribution in [0.2, 0.25) is 0 Å². The van der Waals surface area contributed by atoms with Gasteiger partial charge in [-0.2, -0.15) is 5.10 Å². The summed E-state index contributed by atoms with van der Waals surface area (Å²) in [7, 11) is 0. The van der Waals surface area contributed by atoms with E-state index in [1.807, 2.05) is 6.92 Å². The lowest BCUT2D eigenvalue weighted by Gasteiger charge is -2.35. The summed E-state index contributed by atoms with van der Waals surface area (Å²) >= 11 is 0. The first-order valence-electron chi connectivity index (χ1n) is 8.12. The molecular weight excluding hydrogens is 250 g/mol. The van der Waals surface area contributed by atoms with Crippen LogP contribution in [0.25, 0.3) is 0 Å². The van der Waals surface area contributed by atoms with E-state index in [9.17, 15) is 5.11 Å². The Morgan fingerprint density at radius 1 is 1.35 bits per heavy atom. The number of aliphatic hydroxyl groups is 1. The predicted octanol–water partition coefficient (Wildman–Crippen LogP) is 2.29. The lowest BCUT2D eigenvalue weighted by atomic mass is 9.80. The summed E-state index contributed by atoms with van der Waals surface area (Å²) in [5.74, 6) is 0.341. The molecule has 2 fully saturated rings. The highest BCUT2D eigenvalue weighted by molar-refractivity contribution is 5.06. The first kappa shape index (κ1) is 14.1. The zero-order chi connectivity index (χ0) is 14.0. The first-order valence-corrected chi connectivity index (χ1v) is 8.12. The van der Waals surface area contributed by atoms with Gasteiger partial charge in [0.05, 0.1) is 17.3 Å². The molecule has 1 aliphatic heterocycles. The van der Waals surface area contributed by atoms with Crippen LogP contribution in [0.4, 0.5) is 0 Å². The van der Waals surface area contributed by atoms with E-state index in [4.69, 9.17) is 5.10 Å². The average molecular weight is 277 g/mol. The zero-order valence-electron chi connectivity index (χ0n) is 12.5. The highest BCUT2D eigenvalue weighted by Crippen LogP contribution is 2.30. The minimum Gasteiger partial charge on any atom is -0.389 e. The molecule has 4 nitrogen and oxygen atoms in total. The van der Waals surface area contributed by atoms with Crippen molar-refractivity contribution in [1.82, 2.24) is 15.1 Å². The fourth-order valence-electron chi connectivity index (χ4n) is 3.74. The van der Waals surface area contributed by atoms with Gasteiger partial charge in [0.2, 0.25) is 0 Å². The van der Waals surface area contributed by atoms with Gasteiger partial charge in [0.1, 0.15) is 0 Å². The van der Waals surface area contributed by atoms with Crippen molar-refractivity contribution in [2.24, 2.45) is 5.92 Å². The van der Waals surface area contributed by atoms with Crippen LogP contribution in [-0.2, 0) is 6.42 Å². The fraction of sp³-hybridized carbons (Fsp3) is 0.812. The lowest BCUT2D eigenvalue weighted by molar-refractivity contribution is -0.0111. The van der Waals surface area contributed by atoms with Gasteiger partial charge in [0, 0.05) is 25.1 Å². The predicted molar refractivity (Wildman–Crippen MR) is 79.7 cm³/mol. The standard InChI is InChI=1S/C16H27N3O/c1-16(20,13-5-4-9-17-12-13)11-14-8-10-19(18-14)15-6-2-3-7-15/h8,10,13,15,17,20H,2-7,9,11-12H2,1H3. The van der Waals surface area contributed by atoms with Gasteiger partial charge >= 0.3 is 0 Å². The van der Waals surface area contributed by atoms with E-state index in [1.54, 1.807) is 0 Å². The second-order valence-electron chi connectivity index (χ2n) is 6.80. The lowest BCUT2D eigenvalue weighted by Crippen LogP contribution is -2.45. The Morgan fingerprint density at radius 2 is 2.15 bits per heavy atom.